The predicted octanol–water partition coefficient (Wildman–Crippen LogP) is 4.12. The van der Waals surface area contributed by atoms with Crippen LogP contribution in [0.2, 0.25) is 0 Å². The second-order valence-electron chi connectivity index (χ2n) is 3.48. The van der Waals surface area contributed by atoms with Crippen LogP contribution in [0.25, 0.3) is 0 Å². The standard InChI is InChI=1S/C14H12O.C2H6/c15-11-14-9-5-4-8-13(14)10-12-6-2-1-3-7-12;1-2/h1-9,11H,10H2;1-2H3. The van der Waals surface area contributed by atoms with Crippen molar-refractivity contribution in [3.05, 3.63) is 71.3 Å². The minimum Gasteiger partial charge on any atom is -0.298 e. The van der Waals surface area contributed by atoms with Crippen LogP contribution in [-0.2, 0) is 6.42 Å². The third-order valence-electron chi connectivity index (χ3n) is 2.42. The first-order valence-corrected chi connectivity index (χ1v) is 5.97. The zero-order valence-corrected chi connectivity index (χ0v) is 10.4. The molecule has 0 bridgehead atoms. The Labute approximate surface area is 103 Å². The Morgan fingerprint density at radius 2 is 1.47 bits per heavy atom. The first-order chi connectivity index (χ1) is 8.40. The van der Waals surface area contributed by atoms with Gasteiger partial charge in [-0.05, 0) is 17.5 Å². The van der Waals surface area contributed by atoms with Gasteiger partial charge in [-0.1, -0.05) is 68.4 Å². The van der Waals surface area contributed by atoms with Gasteiger partial charge in [-0.15, -0.1) is 0 Å². The molecule has 0 fully saturated rings. The summed E-state index contributed by atoms with van der Waals surface area (Å²) >= 11 is 0. The summed E-state index contributed by atoms with van der Waals surface area (Å²) in [6.45, 7) is 4.00. The fourth-order valence-corrected chi connectivity index (χ4v) is 1.63. The molecule has 0 amide bonds. The Balaban J connectivity index is 0.000000686. The van der Waals surface area contributed by atoms with Gasteiger partial charge in [0, 0.05) is 5.56 Å². The summed E-state index contributed by atoms with van der Waals surface area (Å²) in [7, 11) is 0. The summed E-state index contributed by atoms with van der Waals surface area (Å²) in [4.78, 5) is 10.8. The molecule has 2 aromatic rings. The lowest BCUT2D eigenvalue weighted by atomic mass is 10.0. The molecule has 1 nitrogen and oxygen atoms in total. The lowest BCUT2D eigenvalue weighted by Gasteiger charge is -2.04. The SMILES string of the molecule is CC.O=Cc1ccccc1Cc1ccccc1. The molecular weight excluding hydrogens is 208 g/mol. The topological polar surface area (TPSA) is 17.1 Å². The highest BCUT2D eigenvalue weighted by Gasteiger charge is 2.00. The van der Waals surface area contributed by atoms with Crippen molar-refractivity contribution >= 4 is 6.29 Å². The first-order valence-electron chi connectivity index (χ1n) is 5.97. The van der Waals surface area contributed by atoms with Crippen molar-refractivity contribution < 1.29 is 4.79 Å². The van der Waals surface area contributed by atoms with Gasteiger partial charge in [0.05, 0.1) is 0 Å². The van der Waals surface area contributed by atoms with E-state index in [1.54, 1.807) is 0 Å². The largest absolute Gasteiger partial charge is 0.298 e. The van der Waals surface area contributed by atoms with Gasteiger partial charge in [0.2, 0.25) is 0 Å². The molecule has 0 aromatic heterocycles. The lowest BCUT2D eigenvalue weighted by molar-refractivity contribution is 0.112. The van der Waals surface area contributed by atoms with Crippen molar-refractivity contribution in [1.29, 1.82) is 0 Å². The molecule has 2 rings (SSSR count). The van der Waals surface area contributed by atoms with Gasteiger partial charge < -0.3 is 0 Å². The predicted molar refractivity (Wildman–Crippen MR) is 72.4 cm³/mol. The summed E-state index contributed by atoms with van der Waals surface area (Å²) in [5, 5.41) is 0. The number of carbonyl (C=O) groups excluding carboxylic acids is 1. The van der Waals surface area contributed by atoms with Gasteiger partial charge in [-0.3, -0.25) is 4.79 Å². The van der Waals surface area contributed by atoms with Gasteiger partial charge in [-0.2, -0.15) is 0 Å². The smallest absolute Gasteiger partial charge is 0.150 e. The van der Waals surface area contributed by atoms with E-state index in [2.05, 4.69) is 12.1 Å². The lowest BCUT2D eigenvalue weighted by Crippen LogP contribution is -1.93. The highest BCUT2D eigenvalue weighted by molar-refractivity contribution is 5.77. The number of hydrogen-bond acceptors (Lipinski definition) is 1. The molecule has 88 valence electrons. The zero-order chi connectivity index (χ0) is 12.5. The van der Waals surface area contributed by atoms with E-state index in [0.717, 1.165) is 23.8 Å². The summed E-state index contributed by atoms with van der Waals surface area (Å²) in [5.41, 5.74) is 3.09. The Morgan fingerprint density at radius 1 is 0.882 bits per heavy atom. The zero-order valence-electron chi connectivity index (χ0n) is 10.4. The van der Waals surface area contributed by atoms with Crippen LogP contribution in [0.5, 0.6) is 0 Å². The van der Waals surface area contributed by atoms with E-state index < -0.39 is 0 Å². The van der Waals surface area contributed by atoms with E-state index in [4.69, 9.17) is 0 Å². The minimum absolute atomic E-state index is 0.779. The van der Waals surface area contributed by atoms with Gasteiger partial charge in [0.15, 0.2) is 0 Å². The van der Waals surface area contributed by atoms with Gasteiger partial charge in [0.1, 0.15) is 6.29 Å². The molecule has 2 aromatic carbocycles. The van der Waals surface area contributed by atoms with Crippen LogP contribution >= 0.6 is 0 Å². The molecule has 0 N–H and O–H groups in total. The maximum atomic E-state index is 10.8. The number of benzene rings is 2. The summed E-state index contributed by atoms with van der Waals surface area (Å²) in [6.07, 6.45) is 1.73. The van der Waals surface area contributed by atoms with E-state index in [0.29, 0.717) is 0 Å². The molecule has 0 unspecified atom stereocenters. The molecule has 1 heteroatoms. The molecule has 0 aliphatic heterocycles. The number of aldehydes is 1. The van der Waals surface area contributed by atoms with Crippen LogP contribution in [-0.4, -0.2) is 6.29 Å². The average Bonchev–Trinajstić information content (AvgIpc) is 2.43. The molecule has 0 radical (unpaired) electrons. The molecule has 0 aliphatic carbocycles. The Kier molecular flexibility index (Phi) is 5.73. The number of hydrogen-bond donors (Lipinski definition) is 0. The molecule has 0 atom stereocenters. The molecule has 0 saturated carbocycles. The molecule has 0 saturated heterocycles. The average molecular weight is 226 g/mol. The van der Waals surface area contributed by atoms with Gasteiger partial charge in [-0.25, -0.2) is 0 Å². The minimum atomic E-state index is 0.779. The summed E-state index contributed by atoms with van der Waals surface area (Å²) < 4.78 is 0. The molecule has 0 spiro atoms. The van der Waals surface area contributed by atoms with Crippen molar-refractivity contribution in [2.75, 3.05) is 0 Å². The van der Waals surface area contributed by atoms with E-state index >= 15 is 0 Å². The normalized spacial score (nSPS) is 9.06. The first kappa shape index (κ1) is 13.2. The Morgan fingerprint density at radius 3 is 2.12 bits per heavy atom. The highest BCUT2D eigenvalue weighted by Crippen LogP contribution is 2.12. The monoisotopic (exact) mass is 226 g/mol. The van der Waals surface area contributed by atoms with Gasteiger partial charge in [0.25, 0.3) is 0 Å². The highest BCUT2D eigenvalue weighted by atomic mass is 16.1. The van der Waals surface area contributed by atoms with E-state index in [1.165, 1.54) is 5.56 Å². The third kappa shape index (κ3) is 3.87. The number of rotatable bonds is 3. The van der Waals surface area contributed by atoms with Crippen molar-refractivity contribution in [3.8, 4) is 0 Å². The van der Waals surface area contributed by atoms with Crippen LogP contribution in [0.15, 0.2) is 54.6 Å². The van der Waals surface area contributed by atoms with Crippen LogP contribution < -0.4 is 0 Å². The van der Waals surface area contributed by atoms with Crippen molar-refractivity contribution in [3.63, 3.8) is 0 Å². The van der Waals surface area contributed by atoms with Crippen LogP contribution in [0, 0.1) is 0 Å². The van der Waals surface area contributed by atoms with Crippen molar-refractivity contribution in [2.45, 2.75) is 20.3 Å². The van der Waals surface area contributed by atoms with E-state index in [9.17, 15) is 4.79 Å². The summed E-state index contributed by atoms with van der Waals surface area (Å²) in [6, 6.07) is 17.9. The van der Waals surface area contributed by atoms with E-state index in [-0.39, 0.29) is 0 Å². The molecule has 17 heavy (non-hydrogen) atoms. The fourth-order valence-electron chi connectivity index (χ4n) is 1.63. The summed E-state index contributed by atoms with van der Waals surface area (Å²) in [5.74, 6) is 0. The molecule has 0 aliphatic rings. The van der Waals surface area contributed by atoms with Crippen molar-refractivity contribution in [1.82, 2.24) is 0 Å². The second kappa shape index (κ2) is 7.39. The Hall–Kier alpha value is -1.89. The second-order valence-corrected chi connectivity index (χ2v) is 3.48. The maximum Gasteiger partial charge on any atom is 0.150 e. The van der Waals surface area contributed by atoms with Crippen LogP contribution in [0.3, 0.4) is 0 Å². The Bertz CT molecular complexity index is 446. The van der Waals surface area contributed by atoms with Crippen LogP contribution in [0.1, 0.15) is 35.3 Å². The van der Waals surface area contributed by atoms with Crippen LogP contribution in [0.4, 0.5) is 0 Å². The third-order valence-corrected chi connectivity index (χ3v) is 2.42. The molecule has 0 heterocycles. The maximum absolute atomic E-state index is 10.8. The quantitative estimate of drug-likeness (QED) is 0.720. The van der Waals surface area contributed by atoms with Crippen molar-refractivity contribution in [2.24, 2.45) is 0 Å². The molecular formula is C16H18O. The fraction of sp³-hybridized carbons (Fsp3) is 0.188. The van der Waals surface area contributed by atoms with E-state index in [1.807, 2.05) is 56.3 Å². The van der Waals surface area contributed by atoms with Gasteiger partial charge >= 0.3 is 0 Å². The number of carbonyl (C=O) groups is 1.